The molecule has 3 aromatic heterocycles. The van der Waals surface area contributed by atoms with Crippen molar-refractivity contribution in [3.63, 3.8) is 0 Å². The third-order valence-corrected chi connectivity index (χ3v) is 7.77. The number of pyridine rings is 1. The second-order valence-corrected chi connectivity index (χ2v) is 9.73. The SMILES string of the molecule is COc1ccc(Cl)c2sc(N(Cc3cccnc3)C(=O)c3cc4cc([N+](=O)[O-])ccc4s3)nc12. The zero-order valence-corrected chi connectivity index (χ0v) is 20.0. The van der Waals surface area contributed by atoms with Crippen molar-refractivity contribution < 1.29 is 14.5 Å². The zero-order chi connectivity index (χ0) is 23.8. The highest BCUT2D eigenvalue weighted by Crippen LogP contribution is 2.40. The number of ether oxygens (including phenoxy) is 1. The Labute approximate surface area is 206 Å². The smallest absolute Gasteiger partial charge is 0.270 e. The minimum atomic E-state index is -0.453. The molecule has 0 saturated carbocycles. The van der Waals surface area contributed by atoms with Crippen molar-refractivity contribution in [2.75, 3.05) is 12.0 Å². The van der Waals surface area contributed by atoms with Crippen LogP contribution in [0.25, 0.3) is 20.3 Å². The lowest BCUT2D eigenvalue weighted by atomic mass is 10.2. The molecule has 34 heavy (non-hydrogen) atoms. The Morgan fingerprint density at radius 2 is 2.06 bits per heavy atom. The first-order valence-corrected chi connectivity index (χ1v) is 12.0. The molecule has 3 heterocycles. The molecule has 1 amide bonds. The molecule has 0 aliphatic carbocycles. The van der Waals surface area contributed by atoms with Crippen LogP contribution in [-0.4, -0.2) is 27.9 Å². The number of aromatic nitrogens is 2. The summed E-state index contributed by atoms with van der Waals surface area (Å²) in [5.41, 5.74) is 1.38. The normalized spacial score (nSPS) is 11.1. The highest BCUT2D eigenvalue weighted by atomic mass is 35.5. The Morgan fingerprint density at radius 1 is 1.21 bits per heavy atom. The molecule has 5 aromatic rings. The van der Waals surface area contributed by atoms with Crippen LogP contribution in [0.1, 0.15) is 15.2 Å². The summed E-state index contributed by atoms with van der Waals surface area (Å²) in [6.45, 7) is 0.237. The van der Waals surface area contributed by atoms with Crippen LogP contribution in [0.4, 0.5) is 10.8 Å². The van der Waals surface area contributed by atoms with E-state index in [-0.39, 0.29) is 18.1 Å². The molecule has 170 valence electrons. The van der Waals surface area contributed by atoms with Gasteiger partial charge in [-0.15, -0.1) is 11.3 Å². The minimum Gasteiger partial charge on any atom is -0.494 e. The quantitative estimate of drug-likeness (QED) is 0.196. The number of carbonyl (C=O) groups excluding carboxylic acids is 1. The lowest BCUT2D eigenvalue weighted by molar-refractivity contribution is -0.384. The number of hydrogen-bond acceptors (Lipinski definition) is 8. The Hall–Kier alpha value is -3.60. The highest BCUT2D eigenvalue weighted by Gasteiger charge is 2.25. The number of nitro groups is 1. The standard InChI is InChI=1S/C23H15ClN4O4S2/c1-32-17-6-5-16(24)21-20(17)26-23(34-21)27(12-13-3-2-8-25-11-13)22(29)19-10-14-9-15(28(30)31)4-7-18(14)33-19/h2-11H,12H2,1H3. The monoisotopic (exact) mass is 510 g/mol. The second-order valence-electron chi connectivity index (χ2n) is 7.27. The fourth-order valence-corrected chi connectivity index (χ4v) is 5.75. The number of halogens is 1. The van der Waals surface area contributed by atoms with Crippen LogP contribution >= 0.6 is 34.3 Å². The number of benzene rings is 2. The summed E-state index contributed by atoms with van der Waals surface area (Å²) in [5.74, 6) is 0.284. The molecular weight excluding hydrogens is 496 g/mol. The first-order valence-electron chi connectivity index (χ1n) is 9.96. The van der Waals surface area contributed by atoms with E-state index in [9.17, 15) is 14.9 Å². The summed E-state index contributed by atoms with van der Waals surface area (Å²) < 4.78 is 6.92. The van der Waals surface area contributed by atoms with Crippen molar-refractivity contribution >= 4 is 71.3 Å². The average molecular weight is 511 g/mol. The Morgan fingerprint density at radius 3 is 2.79 bits per heavy atom. The number of non-ortho nitro benzene ring substituents is 1. The molecule has 0 aliphatic heterocycles. The first kappa shape index (κ1) is 22.2. The number of methoxy groups -OCH3 is 1. The van der Waals surface area contributed by atoms with Crippen LogP contribution in [0.5, 0.6) is 5.75 Å². The Kier molecular flexibility index (Phi) is 5.86. The summed E-state index contributed by atoms with van der Waals surface area (Å²) >= 11 is 8.97. The van der Waals surface area contributed by atoms with Crippen LogP contribution in [0.2, 0.25) is 5.02 Å². The molecular formula is C23H15ClN4O4S2. The van der Waals surface area contributed by atoms with E-state index in [1.54, 1.807) is 54.7 Å². The fourth-order valence-electron chi connectivity index (χ4n) is 3.50. The summed E-state index contributed by atoms with van der Waals surface area (Å²) in [6, 6.07) is 13.4. The number of thiophene rings is 1. The molecule has 0 N–H and O–H groups in total. The molecule has 0 saturated heterocycles. The van der Waals surface area contributed by atoms with Crippen molar-refractivity contribution in [3.8, 4) is 5.75 Å². The van der Waals surface area contributed by atoms with Crippen molar-refractivity contribution in [1.82, 2.24) is 9.97 Å². The predicted molar refractivity (Wildman–Crippen MR) is 134 cm³/mol. The van der Waals surface area contributed by atoms with Crippen molar-refractivity contribution in [1.29, 1.82) is 0 Å². The van der Waals surface area contributed by atoms with Crippen molar-refractivity contribution in [2.24, 2.45) is 0 Å². The molecule has 11 heteroatoms. The highest BCUT2D eigenvalue weighted by molar-refractivity contribution is 7.23. The van der Waals surface area contributed by atoms with Crippen molar-refractivity contribution in [3.05, 3.63) is 86.5 Å². The summed E-state index contributed by atoms with van der Waals surface area (Å²) in [6.07, 6.45) is 3.35. The van der Waals surface area contributed by atoms with Gasteiger partial charge in [-0.2, -0.15) is 0 Å². The van der Waals surface area contributed by atoms with Gasteiger partial charge >= 0.3 is 0 Å². The van der Waals surface area contributed by atoms with Gasteiger partial charge in [0.25, 0.3) is 11.6 Å². The average Bonchev–Trinajstić information content (AvgIpc) is 3.48. The fraction of sp³-hybridized carbons (Fsp3) is 0.0870. The largest absolute Gasteiger partial charge is 0.494 e. The van der Waals surface area contributed by atoms with Gasteiger partial charge < -0.3 is 4.74 Å². The molecule has 0 fully saturated rings. The number of rotatable bonds is 6. The van der Waals surface area contributed by atoms with Gasteiger partial charge in [-0.05, 0) is 35.9 Å². The topological polar surface area (TPSA) is 98.5 Å². The van der Waals surface area contributed by atoms with E-state index in [0.29, 0.717) is 36.4 Å². The second kappa shape index (κ2) is 8.98. The van der Waals surface area contributed by atoms with E-state index < -0.39 is 4.92 Å². The minimum absolute atomic E-state index is 0.0237. The van der Waals surface area contributed by atoms with Gasteiger partial charge in [0.2, 0.25) is 0 Å². The van der Waals surface area contributed by atoms with Gasteiger partial charge in [0.05, 0.1) is 33.2 Å². The first-order chi connectivity index (χ1) is 16.4. The molecule has 0 aliphatic rings. The lowest BCUT2D eigenvalue weighted by Gasteiger charge is -2.19. The van der Waals surface area contributed by atoms with Crippen LogP contribution in [-0.2, 0) is 6.54 Å². The van der Waals surface area contributed by atoms with E-state index in [2.05, 4.69) is 9.97 Å². The number of amides is 1. The van der Waals surface area contributed by atoms with Gasteiger partial charge in [0.1, 0.15) is 11.3 Å². The number of hydrogen-bond donors (Lipinski definition) is 0. The maximum atomic E-state index is 13.7. The predicted octanol–water partition coefficient (Wildman–Crippen LogP) is 6.32. The van der Waals surface area contributed by atoms with E-state index >= 15 is 0 Å². The van der Waals surface area contributed by atoms with E-state index in [0.717, 1.165) is 10.3 Å². The lowest BCUT2D eigenvalue weighted by Crippen LogP contribution is -2.29. The number of nitro benzene ring substituents is 1. The van der Waals surface area contributed by atoms with Crippen LogP contribution in [0, 0.1) is 10.1 Å². The number of fused-ring (bicyclic) bond motifs is 2. The molecule has 0 spiro atoms. The summed E-state index contributed by atoms with van der Waals surface area (Å²) in [7, 11) is 1.55. The number of carbonyl (C=O) groups is 1. The Bertz CT molecular complexity index is 1550. The molecule has 0 unspecified atom stereocenters. The third kappa shape index (κ3) is 4.07. The van der Waals surface area contributed by atoms with Crippen molar-refractivity contribution in [2.45, 2.75) is 6.54 Å². The van der Waals surface area contributed by atoms with E-state index in [4.69, 9.17) is 16.3 Å². The van der Waals surface area contributed by atoms with Gasteiger partial charge in [0, 0.05) is 34.6 Å². The van der Waals surface area contributed by atoms with Gasteiger partial charge in [-0.3, -0.25) is 24.8 Å². The maximum Gasteiger partial charge on any atom is 0.270 e. The number of thiazole rings is 1. The molecule has 0 atom stereocenters. The van der Waals surface area contributed by atoms with E-state index in [1.807, 2.05) is 6.07 Å². The number of anilines is 1. The summed E-state index contributed by atoms with van der Waals surface area (Å²) in [4.78, 5) is 35.3. The Balaban J connectivity index is 1.61. The molecule has 0 bridgehead atoms. The third-order valence-electron chi connectivity index (χ3n) is 5.13. The molecule has 8 nitrogen and oxygen atoms in total. The van der Waals surface area contributed by atoms with Gasteiger partial charge in [-0.1, -0.05) is 29.0 Å². The van der Waals surface area contributed by atoms with Crippen LogP contribution < -0.4 is 9.64 Å². The molecule has 5 rings (SSSR count). The van der Waals surface area contributed by atoms with E-state index in [1.165, 1.54) is 34.8 Å². The molecule has 2 aromatic carbocycles. The zero-order valence-electron chi connectivity index (χ0n) is 17.6. The molecule has 0 radical (unpaired) electrons. The summed E-state index contributed by atoms with van der Waals surface area (Å²) in [5, 5.41) is 12.8. The van der Waals surface area contributed by atoms with Crippen LogP contribution in [0.3, 0.4) is 0 Å². The maximum absolute atomic E-state index is 13.7. The van der Waals surface area contributed by atoms with Gasteiger partial charge in [-0.25, -0.2) is 4.98 Å². The van der Waals surface area contributed by atoms with Gasteiger partial charge in [0.15, 0.2) is 5.13 Å². The van der Waals surface area contributed by atoms with Crippen LogP contribution in [0.15, 0.2) is 60.9 Å². The number of nitrogens with zero attached hydrogens (tertiary/aromatic N) is 4.